The summed E-state index contributed by atoms with van der Waals surface area (Å²) in [7, 11) is -4.82. The number of rotatable bonds is 8. The molecule has 3 amide bonds. The Morgan fingerprint density at radius 3 is 2.00 bits per heavy atom. The maximum absolute atomic E-state index is 13.2. The molecule has 0 aromatic heterocycles. The molecule has 0 aliphatic heterocycles. The van der Waals surface area contributed by atoms with Gasteiger partial charge in [-0.25, -0.2) is 23.8 Å². The van der Waals surface area contributed by atoms with Gasteiger partial charge in [-0.3, -0.25) is 14.4 Å². The zero-order valence-electron chi connectivity index (χ0n) is 20.0. The smallest absolute Gasteiger partial charge is 0.307 e. The van der Waals surface area contributed by atoms with Crippen molar-refractivity contribution in [2.45, 2.75) is 19.0 Å². The minimum atomic E-state index is -5.21. The molecule has 9 nitrogen and oxygen atoms in total. The van der Waals surface area contributed by atoms with Crippen molar-refractivity contribution in [1.82, 2.24) is 10.2 Å². The minimum Gasteiger partial charge on any atom is -0.307 e. The number of halogens is 8. The van der Waals surface area contributed by atoms with Crippen LogP contribution in [0.5, 0.6) is 0 Å². The first-order valence-corrected chi connectivity index (χ1v) is 12.3. The molecule has 0 fully saturated rings. The van der Waals surface area contributed by atoms with Crippen LogP contribution in [0, 0.1) is 11.6 Å². The first-order valence-electron chi connectivity index (χ1n) is 10.8. The van der Waals surface area contributed by atoms with Crippen LogP contribution in [0.4, 0.5) is 51.3 Å². The molecular formula is C23H16F8N4O5S. The van der Waals surface area contributed by atoms with E-state index in [0.29, 0.717) is 0 Å². The van der Waals surface area contributed by atoms with Crippen molar-refractivity contribution in [3.8, 4) is 0 Å². The number of anilines is 2. The monoisotopic (exact) mass is 612 g/mol. The van der Waals surface area contributed by atoms with Gasteiger partial charge < -0.3 is 5.32 Å². The third-order valence-electron chi connectivity index (χ3n) is 4.84. The highest BCUT2D eigenvalue weighted by Gasteiger charge is 2.37. The Labute approximate surface area is 225 Å². The normalized spacial score (nSPS) is 12.0. The topological polar surface area (TPSA) is 126 Å². The van der Waals surface area contributed by atoms with Crippen molar-refractivity contribution in [1.29, 1.82) is 0 Å². The lowest BCUT2D eigenvalue weighted by molar-refractivity contribution is -0.143. The van der Waals surface area contributed by atoms with Gasteiger partial charge in [0, 0.05) is 11.3 Å². The molecule has 0 heterocycles. The van der Waals surface area contributed by atoms with E-state index in [1.54, 1.807) is 5.32 Å². The molecule has 3 rings (SSSR count). The van der Waals surface area contributed by atoms with Crippen LogP contribution in [-0.2, 0) is 34.0 Å². The molecule has 0 atom stereocenters. The summed E-state index contributed by atoms with van der Waals surface area (Å²) in [4.78, 5) is 29.2. The molecule has 0 bridgehead atoms. The van der Waals surface area contributed by atoms with Gasteiger partial charge in [0.25, 0.3) is 5.91 Å². The zero-order chi connectivity index (χ0) is 30.6. The molecule has 3 aromatic rings. The predicted molar refractivity (Wildman–Crippen MR) is 126 cm³/mol. The Morgan fingerprint density at radius 2 is 1.41 bits per heavy atom. The number of amides is 3. The van der Waals surface area contributed by atoms with E-state index in [-0.39, 0.29) is 41.6 Å². The van der Waals surface area contributed by atoms with Crippen LogP contribution in [0.1, 0.15) is 27.0 Å². The van der Waals surface area contributed by atoms with Gasteiger partial charge in [0.05, 0.1) is 23.4 Å². The van der Waals surface area contributed by atoms with E-state index in [1.807, 2.05) is 10.2 Å². The lowest BCUT2D eigenvalue weighted by Crippen LogP contribution is -2.38. The number of benzene rings is 3. The van der Waals surface area contributed by atoms with Gasteiger partial charge >= 0.3 is 28.6 Å². The fraction of sp³-hybridized carbons (Fsp3) is 0.130. The molecule has 0 saturated heterocycles. The predicted octanol–water partition coefficient (Wildman–Crippen LogP) is 5.34. The second-order valence-corrected chi connectivity index (χ2v) is 9.42. The van der Waals surface area contributed by atoms with Crippen molar-refractivity contribution in [3.05, 3.63) is 94.6 Å². The Kier molecular flexibility index (Phi) is 9.07. The summed E-state index contributed by atoms with van der Waals surface area (Å²) >= 11 is 0. The van der Waals surface area contributed by atoms with Crippen molar-refractivity contribution in [2.75, 3.05) is 10.0 Å². The molecule has 0 unspecified atom stereocenters. The quantitative estimate of drug-likeness (QED) is 0.202. The molecule has 4 N–H and O–H groups in total. The van der Waals surface area contributed by atoms with E-state index >= 15 is 0 Å². The first-order chi connectivity index (χ1) is 18.9. The Morgan fingerprint density at radius 1 is 0.780 bits per heavy atom. The van der Waals surface area contributed by atoms with Crippen molar-refractivity contribution < 1.29 is 58.0 Å². The fourth-order valence-corrected chi connectivity index (χ4v) is 3.87. The SMILES string of the molecule is O=C(Nc1cc(C(F)(F)F)cc(C(F)(F)F)c1)NS(=O)(=O)Nc1cccc(C(=O)NOCc2ccc(F)c(F)c2)c1. The number of hydroxylamine groups is 1. The van der Waals surface area contributed by atoms with E-state index in [0.717, 1.165) is 24.3 Å². The highest BCUT2D eigenvalue weighted by molar-refractivity contribution is 7.91. The third kappa shape index (κ3) is 9.04. The first kappa shape index (κ1) is 31.1. The molecule has 41 heavy (non-hydrogen) atoms. The summed E-state index contributed by atoms with van der Waals surface area (Å²) in [6.07, 6.45) is -10.4. The van der Waals surface area contributed by atoms with Crippen molar-refractivity contribution >= 4 is 33.5 Å². The van der Waals surface area contributed by atoms with Gasteiger partial charge in [-0.1, -0.05) is 12.1 Å². The standard InChI is InChI=1S/C23H16F8N4O5S/c24-18-5-4-12(6-19(18)25)11-40-33-20(36)13-2-1-3-16(7-13)34-41(38,39)35-21(37)32-17-9-14(22(26,27)28)8-15(10-17)23(29,30)31/h1-10,34H,11H2,(H,33,36)(H2,32,35,37). The van der Waals surface area contributed by atoms with E-state index in [9.17, 15) is 53.1 Å². The van der Waals surface area contributed by atoms with E-state index < -0.39 is 62.9 Å². The summed E-state index contributed by atoms with van der Waals surface area (Å²) in [5, 5.41) is 1.59. The molecule has 0 radical (unpaired) electrons. The van der Waals surface area contributed by atoms with Gasteiger partial charge in [-0.15, -0.1) is 0 Å². The van der Waals surface area contributed by atoms with Gasteiger partial charge in [-0.05, 0) is 54.1 Å². The van der Waals surface area contributed by atoms with Gasteiger partial charge in [0.15, 0.2) is 11.6 Å². The van der Waals surface area contributed by atoms with Gasteiger partial charge in [0.1, 0.15) is 0 Å². The van der Waals surface area contributed by atoms with Crippen LogP contribution in [0.2, 0.25) is 0 Å². The van der Waals surface area contributed by atoms with E-state index in [1.165, 1.54) is 22.9 Å². The highest BCUT2D eigenvalue weighted by atomic mass is 32.2. The van der Waals surface area contributed by atoms with E-state index in [2.05, 4.69) is 0 Å². The number of carbonyl (C=O) groups is 2. The Hall–Kier alpha value is -4.45. The van der Waals surface area contributed by atoms with E-state index in [4.69, 9.17) is 4.84 Å². The Bertz CT molecular complexity index is 1530. The molecule has 3 aromatic carbocycles. The van der Waals surface area contributed by atoms with Gasteiger partial charge in [-0.2, -0.15) is 34.8 Å². The van der Waals surface area contributed by atoms with Crippen LogP contribution < -0.4 is 20.2 Å². The maximum atomic E-state index is 13.2. The number of carbonyl (C=O) groups excluding carboxylic acids is 2. The average Bonchev–Trinajstić information content (AvgIpc) is 2.84. The summed E-state index contributed by atoms with van der Waals surface area (Å²) in [6.45, 7) is -0.357. The highest BCUT2D eigenvalue weighted by Crippen LogP contribution is 2.37. The van der Waals surface area contributed by atoms with Crippen LogP contribution in [0.15, 0.2) is 60.7 Å². The van der Waals surface area contributed by atoms with Crippen molar-refractivity contribution in [3.63, 3.8) is 0 Å². The Balaban J connectivity index is 1.63. The summed E-state index contributed by atoms with van der Waals surface area (Å²) in [5.74, 6) is -3.12. The minimum absolute atomic E-state index is 0.172. The molecule has 0 aliphatic rings. The molecule has 0 aliphatic carbocycles. The van der Waals surface area contributed by atoms with Crippen LogP contribution in [-0.4, -0.2) is 20.4 Å². The summed E-state index contributed by atoms with van der Waals surface area (Å²) in [6, 6.07) is 5.89. The van der Waals surface area contributed by atoms with Crippen molar-refractivity contribution in [2.24, 2.45) is 0 Å². The number of hydrogen-bond acceptors (Lipinski definition) is 5. The number of hydrogen-bond donors (Lipinski definition) is 4. The number of nitrogens with one attached hydrogen (secondary N) is 4. The fourth-order valence-electron chi connectivity index (χ4n) is 3.08. The third-order valence-corrected chi connectivity index (χ3v) is 5.80. The largest absolute Gasteiger partial charge is 0.416 e. The van der Waals surface area contributed by atoms with Crippen LogP contribution >= 0.6 is 0 Å². The lowest BCUT2D eigenvalue weighted by atomic mass is 10.1. The molecule has 220 valence electrons. The van der Waals surface area contributed by atoms with Crippen LogP contribution in [0.25, 0.3) is 0 Å². The molecule has 18 heteroatoms. The summed E-state index contributed by atoms with van der Waals surface area (Å²) < 4.78 is 132. The lowest BCUT2D eigenvalue weighted by Gasteiger charge is -2.15. The summed E-state index contributed by atoms with van der Waals surface area (Å²) in [5.41, 5.74) is -2.79. The van der Waals surface area contributed by atoms with Gasteiger partial charge in [0.2, 0.25) is 0 Å². The molecular weight excluding hydrogens is 596 g/mol. The second kappa shape index (κ2) is 12.0. The maximum Gasteiger partial charge on any atom is 0.416 e. The number of alkyl halides is 6. The second-order valence-electron chi connectivity index (χ2n) is 8.01. The average molecular weight is 612 g/mol. The van der Waals surface area contributed by atoms with Crippen LogP contribution in [0.3, 0.4) is 0 Å². The molecule has 0 saturated carbocycles. The zero-order valence-corrected chi connectivity index (χ0v) is 20.8. The number of urea groups is 1. The molecule has 0 spiro atoms.